The van der Waals surface area contributed by atoms with E-state index < -0.39 is 0 Å². The van der Waals surface area contributed by atoms with Crippen LogP contribution in [0.2, 0.25) is 10.2 Å². The van der Waals surface area contributed by atoms with Gasteiger partial charge in [-0.25, -0.2) is 0 Å². The van der Waals surface area contributed by atoms with Gasteiger partial charge in [-0.1, -0.05) is 23.2 Å². The molecular formula is C5H4Cl2N2O. The van der Waals surface area contributed by atoms with Crippen LogP contribution in [0.15, 0.2) is 6.20 Å². The molecule has 10 heavy (non-hydrogen) atoms. The quantitative estimate of drug-likeness (QED) is 0.659. The predicted molar refractivity (Wildman–Crippen MR) is 38.6 cm³/mol. The van der Waals surface area contributed by atoms with Crippen molar-refractivity contribution in [3.05, 3.63) is 16.4 Å². The molecule has 1 aromatic heterocycles. The monoisotopic (exact) mass is 178 g/mol. The minimum absolute atomic E-state index is 0.154. The van der Waals surface area contributed by atoms with Crippen molar-refractivity contribution < 1.29 is 4.74 Å². The van der Waals surface area contributed by atoms with Crippen molar-refractivity contribution in [2.24, 2.45) is 0 Å². The highest BCUT2D eigenvalue weighted by Gasteiger charge is 2.04. The van der Waals surface area contributed by atoms with E-state index in [0.717, 1.165) is 0 Å². The van der Waals surface area contributed by atoms with E-state index in [2.05, 4.69) is 10.2 Å². The number of rotatable bonds is 1. The molecule has 1 heterocycles. The number of nitrogens with zero attached hydrogens (tertiary/aromatic N) is 2. The zero-order chi connectivity index (χ0) is 7.56. The molecule has 1 aromatic rings. The van der Waals surface area contributed by atoms with Gasteiger partial charge in [0.1, 0.15) is 5.02 Å². The molecule has 0 saturated heterocycles. The summed E-state index contributed by atoms with van der Waals surface area (Å²) in [5.74, 6) is 0.432. The molecule has 0 bridgehead atoms. The van der Waals surface area contributed by atoms with Crippen LogP contribution in [-0.4, -0.2) is 17.3 Å². The Hall–Kier alpha value is -0.540. The molecule has 5 heteroatoms. The molecule has 0 radical (unpaired) electrons. The molecule has 1 rings (SSSR count). The molecule has 0 unspecified atom stereocenters. The summed E-state index contributed by atoms with van der Waals surface area (Å²) in [4.78, 5) is 0. The molecule has 0 aliphatic rings. The maximum atomic E-state index is 5.63. The Labute approximate surface area is 67.9 Å². The summed E-state index contributed by atoms with van der Waals surface area (Å²) >= 11 is 11.1. The van der Waals surface area contributed by atoms with Gasteiger partial charge in [-0.05, 0) is 0 Å². The molecular weight excluding hydrogens is 175 g/mol. The average Bonchev–Trinajstić information content (AvgIpc) is 1.95. The lowest BCUT2D eigenvalue weighted by Gasteiger charge is -1.99. The van der Waals surface area contributed by atoms with Crippen molar-refractivity contribution >= 4 is 23.2 Å². The minimum Gasteiger partial charge on any atom is -0.493 e. The lowest BCUT2D eigenvalue weighted by Crippen LogP contribution is -1.88. The topological polar surface area (TPSA) is 35.0 Å². The molecule has 0 saturated carbocycles. The largest absolute Gasteiger partial charge is 0.493 e. The van der Waals surface area contributed by atoms with E-state index in [-0.39, 0.29) is 5.15 Å². The first kappa shape index (κ1) is 7.57. The Morgan fingerprint density at radius 2 is 2.20 bits per heavy atom. The van der Waals surface area contributed by atoms with E-state index in [9.17, 15) is 0 Å². The van der Waals surface area contributed by atoms with Crippen molar-refractivity contribution in [1.29, 1.82) is 0 Å². The minimum atomic E-state index is 0.154. The number of hydrogen-bond donors (Lipinski definition) is 0. The zero-order valence-corrected chi connectivity index (χ0v) is 6.65. The van der Waals surface area contributed by atoms with Crippen LogP contribution in [0.5, 0.6) is 5.75 Å². The van der Waals surface area contributed by atoms with Crippen molar-refractivity contribution in [1.82, 2.24) is 10.2 Å². The Bertz CT molecular complexity index is 241. The van der Waals surface area contributed by atoms with Gasteiger partial charge in [0, 0.05) is 0 Å². The summed E-state index contributed by atoms with van der Waals surface area (Å²) in [5.41, 5.74) is 0. The smallest absolute Gasteiger partial charge is 0.174 e. The normalized spacial score (nSPS) is 9.50. The number of ether oxygens (including phenoxy) is 1. The van der Waals surface area contributed by atoms with Crippen molar-refractivity contribution in [3.63, 3.8) is 0 Å². The second-order valence-corrected chi connectivity index (χ2v) is 2.25. The van der Waals surface area contributed by atoms with Crippen LogP contribution >= 0.6 is 23.2 Å². The van der Waals surface area contributed by atoms with Gasteiger partial charge < -0.3 is 4.74 Å². The van der Waals surface area contributed by atoms with Gasteiger partial charge in [-0.2, -0.15) is 5.10 Å². The van der Waals surface area contributed by atoms with E-state index in [1.165, 1.54) is 13.3 Å². The molecule has 0 N–H and O–H groups in total. The van der Waals surface area contributed by atoms with Gasteiger partial charge in [0.2, 0.25) is 0 Å². The molecule has 0 aromatic carbocycles. The maximum Gasteiger partial charge on any atom is 0.174 e. The zero-order valence-electron chi connectivity index (χ0n) is 5.14. The van der Waals surface area contributed by atoms with Crippen LogP contribution in [0.3, 0.4) is 0 Å². The first-order chi connectivity index (χ1) is 4.75. The lowest BCUT2D eigenvalue weighted by molar-refractivity contribution is 0.412. The summed E-state index contributed by atoms with van der Waals surface area (Å²) < 4.78 is 4.81. The van der Waals surface area contributed by atoms with Crippen LogP contribution in [0.1, 0.15) is 0 Å². The second-order valence-electron chi connectivity index (χ2n) is 1.52. The van der Waals surface area contributed by atoms with Gasteiger partial charge in [-0.15, -0.1) is 5.10 Å². The number of aromatic nitrogens is 2. The first-order valence-corrected chi connectivity index (χ1v) is 3.22. The van der Waals surface area contributed by atoms with E-state index in [0.29, 0.717) is 10.8 Å². The molecule has 3 nitrogen and oxygen atoms in total. The van der Waals surface area contributed by atoms with E-state index in [4.69, 9.17) is 27.9 Å². The van der Waals surface area contributed by atoms with Gasteiger partial charge in [0.25, 0.3) is 0 Å². The highest BCUT2D eigenvalue weighted by atomic mass is 35.5. The Kier molecular flexibility index (Phi) is 2.29. The van der Waals surface area contributed by atoms with Crippen LogP contribution in [-0.2, 0) is 0 Å². The van der Waals surface area contributed by atoms with Crippen molar-refractivity contribution in [2.75, 3.05) is 7.11 Å². The molecule has 54 valence electrons. The Morgan fingerprint density at radius 3 is 2.70 bits per heavy atom. The summed E-state index contributed by atoms with van der Waals surface area (Å²) in [7, 11) is 1.49. The Balaban J connectivity index is 3.14. The van der Waals surface area contributed by atoms with Crippen molar-refractivity contribution in [2.45, 2.75) is 0 Å². The van der Waals surface area contributed by atoms with E-state index in [1.807, 2.05) is 0 Å². The molecule has 0 amide bonds. The standard InChI is InChI=1S/C5H4Cl2N2O/c1-10-3-2-8-9-5(7)4(3)6/h2H,1H3. The summed E-state index contributed by atoms with van der Waals surface area (Å²) in [6.45, 7) is 0. The molecule has 0 aliphatic heterocycles. The maximum absolute atomic E-state index is 5.63. The second kappa shape index (κ2) is 3.03. The third kappa shape index (κ3) is 1.30. The highest BCUT2D eigenvalue weighted by Crippen LogP contribution is 2.27. The molecule has 0 aliphatic carbocycles. The van der Waals surface area contributed by atoms with Gasteiger partial charge >= 0.3 is 0 Å². The fourth-order valence-corrected chi connectivity index (χ4v) is 0.777. The highest BCUT2D eigenvalue weighted by molar-refractivity contribution is 6.42. The number of hydrogen-bond acceptors (Lipinski definition) is 3. The van der Waals surface area contributed by atoms with Crippen LogP contribution < -0.4 is 4.74 Å². The van der Waals surface area contributed by atoms with E-state index >= 15 is 0 Å². The number of methoxy groups -OCH3 is 1. The molecule has 0 atom stereocenters. The Morgan fingerprint density at radius 1 is 1.50 bits per heavy atom. The fraction of sp³-hybridized carbons (Fsp3) is 0.200. The fourth-order valence-electron chi connectivity index (χ4n) is 0.477. The summed E-state index contributed by atoms with van der Waals surface area (Å²) in [5, 5.41) is 7.46. The third-order valence-electron chi connectivity index (χ3n) is 0.938. The lowest BCUT2D eigenvalue weighted by atomic mass is 10.5. The van der Waals surface area contributed by atoms with Crippen LogP contribution in [0.4, 0.5) is 0 Å². The molecule has 0 fully saturated rings. The van der Waals surface area contributed by atoms with Gasteiger partial charge in [0.05, 0.1) is 13.3 Å². The average molecular weight is 179 g/mol. The summed E-state index contributed by atoms with van der Waals surface area (Å²) in [6.07, 6.45) is 1.40. The van der Waals surface area contributed by atoms with Gasteiger partial charge in [-0.3, -0.25) is 0 Å². The first-order valence-electron chi connectivity index (χ1n) is 2.46. The molecule has 0 spiro atoms. The third-order valence-corrected chi connectivity index (χ3v) is 1.66. The predicted octanol–water partition coefficient (Wildman–Crippen LogP) is 1.79. The number of halogens is 2. The van der Waals surface area contributed by atoms with E-state index in [1.54, 1.807) is 0 Å². The van der Waals surface area contributed by atoms with Crippen LogP contribution in [0.25, 0.3) is 0 Å². The van der Waals surface area contributed by atoms with Crippen molar-refractivity contribution in [3.8, 4) is 5.75 Å². The summed E-state index contributed by atoms with van der Waals surface area (Å²) in [6, 6.07) is 0. The SMILES string of the molecule is COc1cnnc(Cl)c1Cl. The van der Waals surface area contributed by atoms with Gasteiger partial charge in [0.15, 0.2) is 10.9 Å². The van der Waals surface area contributed by atoms with Crippen LogP contribution in [0, 0.1) is 0 Å².